The Morgan fingerprint density at radius 1 is 0.765 bits per heavy atom. The Kier molecular flexibility index (Phi) is 1.36. The summed E-state index contributed by atoms with van der Waals surface area (Å²) in [6.45, 7) is 0. The summed E-state index contributed by atoms with van der Waals surface area (Å²) in [5.41, 5.74) is 0.733. The highest BCUT2D eigenvalue weighted by Gasteiger charge is 1.99. The van der Waals surface area contributed by atoms with Crippen molar-refractivity contribution in [3.8, 4) is 16.9 Å². The fraction of sp³-hybridized carbons (Fsp3) is 0. The summed E-state index contributed by atoms with van der Waals surface area (Å²) in [4.78, 5) is 0. The van der Waals surface area contributed by atoms with Crippen LogP contribution in [-0.2, 0) is 0 Å². The maximum Gasteiger partial charge on any atom is 0.116 e. The molecule has 82 valence electrons. The van der Waals surface area contributed by atoms with Gasteiger partial charge in [0.15, 0.2) is 0 Å². The number of hydrogen-bond acceptors (Lipinski definition) is 1. The second-order valence-electron chi connectivity index (χ2n) is 3.75. The van der Waals surface area contributed by atoms with Gasteiger partial charge in [0.05, 0.1) is 6.85 Å². The van der Waals surface area contributed by atoms with Crippen molar-refractivity contribution >= 4 is 10.8 Å². The lowest BCUT2D eigenvalue weighted by atomic mass is 10.0. The van der Waals surface area contributed by atoms with E-state index in [1.54, 1.807) is 36.4 Å². The molecule has 0 radical (unpaired) electrons. The topological polar surface area (TPSA) is 20.2 Å². The minimum Gasteiger partial charge on any atom is -0.508 e. The van der Waals surface area contributed by atoms with E-state index < -0.39 is 6.04 Å². The maximum atomic E-state index is 9.48. The van der Waals surface area contributed by atoms with Gasteiger partial charge in [-0.25, -0.2) is 0 Å². The SMILES string of the molecule is [2H]c1c([2H])c([2H])c(-c2ccc3cc(O)ccc3c2)c([2H])c1[2H]. The quantitative estimate of drug-likeness (QED) is 0.657. The minimum absolute atomic E-state index is 0.156. The predicted molar refractivity (Wildman–Crippen MR) is 71.0 cm³/mol. The number of phenols is 1. The molecule has 0 spiro atoms. The predicted octanol–water partition coefficient (Wildman–Crippen LogP) is 4.21. The Labute approximate surface area is 107 Å². The molecule has 3 aromatic carbocycles. The molecule has 0 saturated heterocycles. The van der Waals surface area contributed by atoms with Crippen molar-refractivity contribution in [2.24, 2.45) is 0 Å². The van der Waals surface area contributed by atoms with E-state index in [-0.39, 0.29) is 35.5 Å². The van der Waals surface area contributed by atoms with Crippen molar-refractivity contribution in [2.75, 3.05) is 0 Å². The maximum absolute atomic E-state index is 9.48. The smallest absolute Gasteiger partial charge is 0.116 e. The van der Waals surface area contributed by atoms with Gasteiger partial charge in [0.2, 0.25) is 0 Å². The van der Waals surface area contributed by atoms with E-state index in [9.17, 15) is 5.11 Å². The van der Waals surface area contributed by atoms with Crippen LogP contribution >= 0.6 is 0 Å². The first kappa shape index (κ1) is 5.87. The van der Waals surface area contributed by atoms with E-state index in [1.807, 2.05) is 0 Å². The number of phenolic OH excluding ortho intramolecular Hbond substituents is 1. The van der Waals surface area contributed by atoms with E-state index >= 15 is 0 Å². The molecule has 1 nitrogen and oxygen atoms in total. The van der Waals surface area contributed by atoms with Crippen LogP contribution in [-0.4, -0.2) is 5.11 Å². The van der Waals surface area contributed by atoms with Gasteiger partial charge in [-0.15, -0.1) is 0 Å². The molecule has 0 aliphatic rings. The summed E-state index contributed by atoms with van der Waals surface area (Å²) in [6.07, 6.45) is 0. The zero-order valence-electron chi connectivity index (χ0n) is 13.9. The van der Waals surface area contributed by atoms with Crippen LogP contribution in [0, 0.1) is 0 Å². The first-order valence-corrected chi connectivity index (χ1v) is 5.20. The van der Waals surface area contributed by atoms with Crippen molar-refractivity contribution in [3.05, 3.63) is 66.6 Å². The van der Waals surface area contributed by atoms with E-state index in [2.05, 4.69) is 0 Å². The van der Waals surface area contributed by atoms with E-state index in [4.69, 9.17) is 6.85 Å². The molecule has 0 aromatic heterocycles. The Morgan fingerprint density at radius 2 is 1.47 bits per heavy atom. The molecule has 0 unspecified atom stereocenters. The lowest BCUT2D eigenvalue weighted by Gasteiger charge is -2.04. The highest BCUT2D eigenvalue weighted by Crippen LogP contribution is 2.26. The minimum atomic E-state index is -0.399. The molecule has 0 amide bonds. The molecule has 1 N–H and O–H groups in total. The first-order valence-electron chi connectivity index (χ1n) is 7.70. The summed E-state index contributed by atoms with van der Waals surface area (Å²) in [5, 5.41) is 11.1. The van der Waals surface area contributed by atoms with Crippen LogP contribution in [0.4, 0.5) is 0 Å². The van der Waals surface area contributed by atoms with Crippen LogP contribution in [0.5, 0.6) is 5.75 Å². The van der Waals surface area contributed by atoms with Gasteiger partial charge < -0.3 is 5.11 Å². The average Bonchev–Trinajstić information content (AvgIpc) is 2.51. The number of aromatic hydroxyl groups is 1. The molecule has 17 heavy (non-hydrogen) atoms. The second-order valence-corrected chi connectivity index (χ2v) is 3.75. The molecule has 0 saturated carbocycles. The van der Waals surface area contributed by atoms with Crippen LogP contribution in [0.25, 0.3) is 21.9 Å². The van der Waals surface area contributed by atoms with Gasteiger partial charge in [0.1, 0.15) is 5.75 Å². The lowest BCUT2D eigenvalue weighted by molar-refractivity contribution is 0.476. The van der Waals surface area contributed by atoms with Crippen molar-refractivity contribution in [1.82, 2.24) is 0 Å². The van der Waals surface area contributed by atoms with Gasteiger partial charge in [0, 0.05) is 0 Å². The van der Waals surface area contributed by atoms with Crippen molar-refractivity contribution in [2.45, 2.75) is 0 Å². The first-order chi connectivity index (χ1) is 10.4. The van der Waals surface area contributed by atoms with Gasteiger partial charge in [0.25, 0.3) is 0 Å². The van der Waals surface area contributed by atoms with Gasteiger partial charge in [-0.3, -0.25) is 0 Å². The lowest BCUT2D eigenvalue weighted by Crippen LogP contribution is -1.78. The highest BCUT2D eigenvalue weighted by atomic mass is 16.3. The van der Waals surface area contributed by atoms with Crippen LogP contribution in [0.15, 0.2) is 66.6 Å². The molecular formula is C16H12O. The van der Waals surface area contributed by atoms with Gasteiger partial charge in [-0.1, -0.05) is 48.4 Å². The Balaban J connectivity index is 2.30. The standard InChI is InChI=1S/C16H12O/c17-16-9-8-14-10-13(6-7-15(14)11-16)12-4-2-1-3-5-12/h1-11,17H/i1D,2D,3D,4D,5D. The third-order valence-corrected chi connectivity index (χ3v) is 2.61. The van der Waals surface area contributed by atoms with Gasteiger partial charge >= 0.3 is 0 Å². The second kappa shape index (κ2) is 3.95. The van der Waals surface area contributed by atoms with Crippen LogP contribution < -0.4 is 0 Å². The molecule has 0 bridgehead atoms. The Morgan fingerprint density at radius 3 is 2.29 bits per heavy atom. The monoisotopic (exact) mass is 225 g/mol. The van der Waals surface area contributed by atoms with Gasteiger partial charge in [-0.2, -0.15) is 0 Å². The molecule has 0 heterocycles. The van der Waals surface area contributed by atoms with Crippen LogP contribution in [0.1, 0.15) is 6.85 Å². The normalized spacial score (nSPS) is 14.7. The fourth-order valence-corrected chi connectivity index (χ4v) is 1.78. The zero-order valence-corrected chi connectivity index (χ0v) is 8.91. The summed E-state index contributed by atoms with van der Waals surface area (Å²) in [7, 11) is 0. The summed E-state index contributed by atoms with van der Waals surface area (Å²) >= 11 is 0. The molecule has 0 aliphatic heterocycles. The molecule has 1 heteroatoms. The highest BCUT2D eigenvalue weighted by molar-refractivity contribution is 5.88. The van der Waals surface area contributed by atoms with Crippen molar-refractivity contribution in [1.29, 1.82) is 0 Å². The fourth-order valence-electron chi connectivity index (χ4n) is 1.78. The molecule has 3 aromatic rings. The van der Waals surface area contributed by atoms with Gasteiger partial charge in [-0.05, 0) is 40.1 Å². The van der Waals surface area contributed by atoms with Crippen LogP contribution in [0.2, 0.25) is 0 Å². The summed E-state index contributed by atoms with van der Waals surface area (Å²) in [6, 6.07) is 8.56. The van der Waals surface area contributed by atoms with E-state index in [0.717, 1.165) is 10.8 Å². The number of fused-ring (bicyclic) bond motifs is 1. The molecule has 0 atom stereocenters. The Bertz CT molecular complexity index is 876. The van der Waals surface area contributed by atoms with Crippen molar-refractivity contribution in [3.63, 3.8) is 0 Å². The molecular weight excluding hydrogens is 208 g/mol. The van der Waals surface area contributed by atoms with E-state index in [1.165, 1.54) is 0 Å². The third kappa shape index (κ3) is 1.87. The molecule has 0 aliphatic carbocycles. The zero-order chi connectivity index (χ0) is 16.0. The number of benzene rings is 3. The summed E-state index contributed by atoms with van der Waals surface area (Å²) < 4.78 is 39.1. The van der Waals surface area contributed by atoms with Crippen molar-refractivity contribution < 1.29 is 12.0 Å². The number of rotatable bonds is 1. The largest absolute Gasteiger partial charge is 0.508 e. The summed E-state index contributed by atoms with van der Waals surface area (Å²) in [5.74, 6) is 0.156. The molecule has 3 rings (SSSR count). The Hall–Kier alpha value is -2.28. The number of hydrogen-bond donors (Lipinski definition) is 1. The third-order valence-electron chi connectivity index (χ3n) is 2.61. The van der Waals surface area contributed by atoms with Crippen LogP contribution in [0.3, 0.4) is 0 Å². The van der Waals surface area contributed by atoms with E-state index in [0.29, 0.717) is 5.56 Å². The molecule has 0 fully saturated rings. The average molecular weight is 225 g/mol.